The molecule has 6 heteroatoms. The Kier molecular flexibility index (Phi) is 5.48. The van der Waals surface area contributed by atoms with Crippen molar-refractivity contribution in [2.75, 3.05) is 25.0 Å². The topological polar surface area (TPSA) is 63.1 Å². The van der Waals surface area contributed by atoms with Gasteiger partial charge in [0, 0.05) is 50.0 Å². The van der Waals surface area contributed by atoms with Gasteiger partial charge in [-0.2, -0.15) is 5.10 Å². The lowest BCUT2D eigenvalue weighted by Crippen LogP contribution is -2.33. The number of rotatable bonds is 6. The molecule has 0 atom stereocenters. The zero-order chi connectivity index (χ0) is 21.1. The number of aryl methyl sites for hydroxylation is 2. The Hall–Kier alpha value is -3.67. The van der Waals surface area contributed by atoms with Crippen LogP contribution in [0.25, 0.3) is 22.2 Å². The first-order chi connectivity index (χ1) is 14.5. The summed E-state index contributed by atoms with van der Waals surface area (Å²) in [6, 6.07) is 19.7. The van der Waals surface area contributed by atoms with E-state index in [1.54, 1.807) is 4.68 Å². The predicted octanol–water partition coefficient (Wildman–Crippen LogP) is 3.81. The summed E-state index contributed by atoms with van der Waals surface area (Å²) in [6.07, 6.45) is 1.93. The highest BCUT2D eigenvalue weighted by atomic mass is 16.1. The maximum Gasteiger partial charge on any atom is 0.252 e. The van der Waals surface area contributed by atoms with Crippen molar-refractivity contribution in [2.45, 2.75) is 6.92 Å². The quantitative estimate of drug-likeness (QED) is 0.536. The number of carbonyl (C=O) groups excluding carboxylic acids is 1. The van der Waals surface area contributed by atoms with Gasteiger partial charge in [0.2, 0.25) is 0 Å². The summed E-state index contributed by atoms with van der Waals surface area (Å²) in [7, 11) is 3.90. The van der Waals surface area contributed by atoms with Crippen LogP contribution in [0.1, 0.15) is 16.1 Å². The van der Waals surface area contributed by atoms with Gasteiger partial charge in [-0.05, 0) is 31.2 Å². The molecule has 0 spiro atoms. The molecule has 1 amide bonds. The third kappa shape index (κ3) is 4.03. The first kappa shape index (κ1) is 19.6. The van der Waals surface area contributed by atoms with E-state index in [0.717, 1.165) is 33.5 Å². The molecule has 2 aromatic heterocycles. The number of hydrogen-bond acceptors (Lipinski definition) is 4. The van der Waals surface area contributed by atoms with Crippen LogP contribution in [0.15, 0.2) is 66.9 Å². The molecular weight excluding hydrogens is 374 g/mol. The summed E-state index contributed by atoms with van der Waals surface area (Å²) < 4.78 is 1.76. The summed E-state index contributed by atoms with van der Waals surface area (Å²) in [6.45, 7) is 3.21. The van der Waals surface area contributed by atoms with Crippen LogP contribution in [0.3, 0.4) is 0 Å². The first-order valence-electron chi connectivity index (χ1n) is 9.98. The van der Waals surface area contributed by atoms with E-state index in [2.05, 4.69) is 27.4 Å². The van der Waals surface area contributed by atoms with Crippen molar-refractivity contribution in [1.82, 2.24) is 20.1 Å². The van der Waals surface area contributed by atoms with Crippen molar-refractivity contribution in [3.8, 4) is 11.3 Å². The molecule has 0 radical (unpaired) electrons. The number of pyridine rings is 1. The molecule has 1 N–H and O–H groups in total. The van der Waals surface area contributed by atoms with Crippen molar-refractivity contribution in [1.29, 1.82) is 0 Å². The lowest BCUT2D eigenvalue weighted by atomic mass is 10.0. The minimum Gasteiger partial charge on any atom is -0.373 e. The van der Waals surface area contributed by atoms with Gasteiger partial charge in [-0.1, -0.05) is 36.4 Å². The van der Waals surface area contributed by atoms with Crippen LogP contribution < -0.4 is 10.2 Å². The van der Waals surface area contributed by atoms with Crippen LogP contribution in [-0.4, -0.2) is 40.8 Å². The van der Waals surface area contributed by atoms with Gasteiger partial charge in [-0.15, -0.1) is 0 Å². The second-order valence-corrected chi connectivity index (χ2v) is 7.39. The minimum absolute atomic E-state index is 0.0992. The van der Waals surface area contributed by atoms with Crippen LogP contribution in [0, 0.1) is 6.92 Å². The number of anilines is 1. The van der Waals surface area contributed by atoms with E-state index in [1.807, 2.05) is 75.7 Å². The van der Waals surface area contributed by atoms with Gasteiger partial charge in [-0.25, -0.2) is 4.98 Å². The number of para-hydroxylation sites is 2. The van der Waals surface area contributed by atoms with Gasteiger partial charge < -0.3 is 10.2 Å². The Bertz CT molecular complexity index is 1180. The van der Waals surface area contributed by atoms with Crippen molar-refractivity contribution < 1.29 is 4.79 Å². The number of nitrogens with one attached hydrogen (secondary N) is 1. The van der Waals surface area contributed by atoms with E-state index >= 15 is 0 Å². The fraction of sp³-hybridized carbons (Fsp3) is 0.208. The Balaban J connectivity index is 1.58. The molecule has 4 aromatic rings. The van der Waals surface area contributed by atoms with E-state index in [0.29, 0.717) is 18.7 Å². The number of amides is 1. The van der Waals surface area contributed by atoms with Crippen LogP contribution in [0.5, 0.6) is 0 Å². The summed E-state index contributed by atoms with van der Waals surface area (Å²) >= 11 is 0. The molecule has 0 fully saturated rings. The van der Waals surface area contributed by atoms with Gasteiger partial charge >= 0.3 is 0 Å². The van der Waals surface area contributed by atoms with Gasteiger partial charge in [0.1, 0.15) is 0 Å². The van der Waals surface area contributed by atoms with Crippen LogP contribution in [0.2, 0.25) is 0 Å². The Morgan fingerprint density at radius 1 is 1.10 bits per heavy atom. The number of fused-ring (bicyclic) bond motifs is 1. The average Bonchev–Trinajstić information content (AvgIpc) is 3.11. The Morgan fingerprint density at radius 2 is 1.83 bits per heavy atom. The number of aromatic nitrogens is 3. The molecular formula is C24H25N5O. The van der Waals surface area contributed by atoms with E-state index in [9.17, 15) is 4.79 Å². The van der Waals surface area contributed by atoms with E-state index in [1.165, 1.54) is 0 Å². The highest BCUT2D eigenvalue weighted by Gasteiger charge is 2.16. The van der Waals surface area contributed by atoms with Crippen LogP contribution in [0.4, 0.5) is 5.69 Å². The molecule has 2 heterocycles. The van der Waals surface area contributed by atoms with E-state index < -0.39 is 0 Å². The molecule has 0 saturated heterocycles. The summed E-state index contributed by atoms with van der Waals surface area (Å²) in [5.41, 5.74) is 5.12. The number of carbonyl (C=O) groups is 1. The second-order valence-electron chi connectivity index (χ2n) is 7.39. The standard InChI is InChI=1S/C24H25N5O/c1-17-21(16-29(3)27-17)23-15-20(19-11-7-8-12-22(19)26-23)24(30)25-13-14-28(2)18-9-5-4-6-10-18/h4-12,15-16H,13-14H2,1-3H3,(H,25,30). The van der Waals surface area contributed by atoms with Crippen LogP contribution in [-0.2, 0) is 7.05 Å². The predicted molar refractivity (Wildman–Crippen MR) is 121 cm³/mol. The fourth-order valence-corrected chi connectivity index (χ4v) is 3.60. The molecule has 2 aromatic carbocycles. The number of nitrogens with zero attached hydrogens (tertiary/aromatic N) is 4. The molecule has 0 aliphatic carbocycles. The van der Waals surface area contributed by atoms with Crippen molar-refractivity contribution >= 4 is 22.5 Å². The third-order valence-electron chi connectivity index (χ3n) is 5.18. The fourth-order valence-electron chi connectivity index (χ4n) is 3.60. The largest absolute Gasteiger partial charge is 0.373 e. The maximum atomic E-state index is 13.1. The first-order valence-corrected chi connectivity index (χ1v) is 9.98. The molecule has 4 rings (SSSR count). The second kappa shape index (κ2) is 8.37. The zero-order valence-corrected chi connectivity index (χ0v) is 17.5. The van der Waals surface area contributed by atoms with Crippen molar-refractivity contribution in [2.24, 2.45) is 7.05 Å². The molecule has 6 nitrogen and oxygen atoms in total. The van der Waals surface area contributed by atoms with Crippen molar-refractivity contribution in [3.63, 3.8) is 0 Å². The molecule has 0 aliphatic heterocycles. The molecule has 152 valence electrons. The van der Waals surface area contributed by atoms with Gasteiger partial charge in [0.25, 0.3) is 5.91 Å². The van der Waals surface area contributed by atoms with Crippen LogP contribution >= 0.6 is 0 Å². The molecule has 0 unspecified atom stereocenters. The number of hydrogen-bond donors (Lipinski definition) is 1. The Labute approximate surface area is 176 Å². The van der Waals surface area contributed by atoms with Gasteiger partial charge in [0.15, 0.2) is 0 Å². The average molecular weight is 399 g/mol. The lowest BCUT2D eigenvalue weighted by molar-refractivity contribution is 0.0956. The highest BCUT2D eigenvalue weighted by molar-refractivity contribution is 6.07. The van der Waals surface area contributed by atoms with Gasteiger partial charge in [0.05, 0.1) is 22.5 Å². The van der Waals surface area contributed by atoms with E-state index in [-0.39, 0.29) is 5.91 Å². The SMILES string of the molecule is Cc1nn(C)cc1-c1cc(C(=O)NCCN(C)c2ccccc2)c2ccccc2n1. The maximum absolute atomic E-state index is 13.1. The molecule has 0 bridgehead atoms. The molecule has 30 heavy (non-hydrogen) atoms. The smallest absolute Gasteiger partial charge is 0.252 e. The number of likely N-dealkylation sites (N-methyl/N-ethyl adjacent to an activating group) is 1. The number of benzene rings is 2. The molecule has 0 saturated carbocycles. The molecule has 0 aliphatic rings. The summed E-state index contributed by atoms with van der Waals surface area (Å²) in [5, 5.41) is 8.32. The summed E-state index contributed by atoms with van der Waals surface area (Å²) in [4.78, 5) is 20.0. The normalized spacial score (nSPS) is 10.9. The lowest BCUT2D eigenvalue weighted by Gasteiger charge is -2.19. The highest BCUT2D eigenvalue weighted by Crippen LogP contribution is 2.26. The third-order valence-corrected chi connectivity index (χ3v) is 5.18. The Morgan fingerprint density at radius 3 is 2.57 bits per heavy atom. The zero-order valence-electron chi connectivity index (χ0n) is 17.5. The van der Waals surface area contributed by atoms with Crippen molar-refractivity contribution in [3.05, 3.63) is 78.1 Å². The summed E-state index contributed by atoms with van der Waals surface area (Å²) in [5.74, 6) is -0.0992. The van der Waals surface area contributed by atoms with E-state index in [4.69, 9.17) is 4.98 Å². The van der Waals surface area contributed by atoms with Gasteiger partial charge in [-0.3, -0.25) is 9.48 Å². The minimum atomic E-state index is -0.0992. The monoisotopic (exact) mass is 399 g/mol.